The molecule has 0 aliphatic rings. The molecule has 0 spiro atoms. The fourth-order valence-electron chi connectivity index (χ4n) is 1.51. The van der Waals surface area contributed by atoms with Crippen molar-refractivity contribution >= 4 is 23.2 Å². The van der Waals surface area contributed by atoms with E-state index < -0.39 is 6.10 Å². The Morgan fingerprint density at radius 3 is 2.56 bits per heavy atom. The zero-order chi connectivity index (χ0) is 12.0. The van der Waals surface area contributed by atoms with Crippen molar-refractivity contribution in [3.05, 3.63) is 33.8 Å². The average Bonchev–Trinajstić information content (AvgIpc) is 2.26. The van der Waals surface area contributed by atoms with Crippen molar-refractivity contribution in [2.45, 2.75) is 31.8 Å². The van der Waals surface area contributed by atoms with E-state index in [1.807, 2.05) is 12.1 Å². The van der Waals surface area contributed by atoms with Gasteiger partial charge in [-0.15, -0.1) is 0 Å². The zero-order valence-corrected chi connectivity index (χ0v) is 10.5. The number of aryl methyl sites for hydroxylation is 1. The first kappa shape index (κ1) is 13.8. The van der Waals surface area contributed by atoms with E-state index in [1.54, 1.807) is 6.07 Å². The van der Waals surface area contributed by atoms with Crippen LogP contribution in [-0.4, -0.2) is 22.9 Å². The topological polar surface area (TPSA) is 40.5 Å². The van der Waals surface area contributed by atoms with Crippen LogP contribution in [0.2, 0.25) is 10.0 Å². The van der Waals surface area contributed by atoms with Crippen molar-refractivity contribution < 1.29 is 10.2 Å². The maximum absolute atomic E-state index is 9.15. The van der Waals surface area contributed by atoms with Crippen molar-refractivity contribution in [1.82, 2.24) is 0 Å². The highest BCUT2D eigenvalue weighted by Gasteiger charge is 2.03. The first-order valence-electron chi connectivity index (χ1n) is 5.36. The molecule has 0 radical (unpaired) electrons. The summed E-state index contributed by atoms with van der Waals surface area (Å²) in [6, 6.07) is 5.49. The summed E-state index contributed by atoms with van der Waals surface area (Å²) in [5.74, 6) is 0. The van der Waals surface area contributed by atoms with E-state index in [0.29, 0.717) is 16.5 Å². The Kier molecular flexibility index (Phi) is 6.14. The molecule has 0 saturated heterocycles. The standard InChI is InChI=1S/C12H16Cl2O2/c13-10-6-5-9(12(14)7-10)3-1-2-4-11(16)8-15/h5-7,11,15-16H,1-4,8H2/t11-/m0/s1. The van der Waals surface area contributed by atoms with Gasteiger partial charge in [-0.2, -0.15) is 0 Å². The normalized spacial score (nSPS) is 12.8. The smallest absolute Gasteiger partial charge is 0.0770 e. The molecule has 1 atom stereocenters. The molecule has 0 heterocycles. The number of benzene rings is 1. The molecule has 0 bridgehead atoms. The molecule has 16 heavy (non-hydrogen) atoms. The van der Waals surface area contributed by atoms with Gasteiger partial charge in [-0.05, 0) is 37.0 Å². The minimum atomic E-state index is -0.597. The van der Waals surface area contributed by atoms with Crippen molar-refractivity contribution in [2.75, 3.05) is 6.61 Å². The molecule has 0 amide bonds. The first-order chi connectivity index (χ1) is 7.63. The summed E-state index contributed by atoms with van der Waals surface area (Å²) in [4.78, 5) is 0. The highest BCUT2D eigenvalue weighted by molar-refractivity contribution is 6.35. The predicted molar refractivity (Wildman–Crippen MR) is 67.1 cm³/mol. The van der Waals surface area contributed by atoms with Gasteiger partial charge in [0.05, 0.1) is 12.7 Å². The van der Waals surface area contributed by atoms with Gasteiger partial charge in [-0.3, -0.25) is 0 Å². The summed E-state index contributed by atoms with van der Waals surface area (Å²) in [7, 11) is 0. The van der Waals surface area contributed by atoms with Gasteiger partial charge in [0.1, 0.15) is 0 Å². The number of hydrogen-bond donors (Lipinski definition) is 2. The van der Waals surface area contributed by atoms with E-state index in [-0.39, 0.29) is 6.61 Å². The fraction of sp³-hybridized carbons (Fsp3) is 0.500. The predicted octanol–water partition coefficient (Wildman–Crippen LogP) is 3.06. The highest BCUT2D eigenvalue weighted by atomic mass is 35.5. The molecule has 2 N–H and O–H groups in total. The Morgan fingerprint density at radius 2 is 1.94 bits per heavy atom. The first-order valence-corrected chi connectivity index (χ1v) is 6.12. The van der Waals surface area contributed by atoms with E-state index in [4.69, 9.17) is 33.4 Å². The second-order valence-corrected chi connectivity index (χ2v) is 4.66. The molecule has 0 fully saturated rings. The van der Waals surface area contributed by atoms with E-state index >= 15 is 0 Å². The van der Waals surface area contributed by atoms with E-state index in [2.05, 4.69) is 0 Å². The molecule has 0 unspecified atom stereocenters. The van der Waals surface area contributed by atoms with Crippen molar-refractivity contribution in [2.24, 2.45) is 0 Å². The lowest BCUT2D eigenvalue weighted by Gasteiger charge is -2.07. The summed E-state index contributed by atoms with van der Waals surface area (Å²) in [6.45, 7) is -0.165. The number of rotatable bonds is 6. The summed E-state index contributed by atoms with van der Waals surface area (Å²) in [6.07, 6.45) is 2.72. The van der Waals surface area contributed by atoms with E-state index in [0.717, 1.165) is 24.8 Å². The molecule has 1 aromatic rings. The van der Waals surface area contributed by atoms with Crippen LogP contribution in [0.15, 0.2) is 18.2 Å². The van der Waals surface area contributed by atoms with Crippen molar-refractivity contribution in [3.8, 4) is 0 Å². The van der Waals surface area contributed by atoms with Crippen LogP contribution >= 0.6 is 23.2 Å². The quantitative estimate of drug-likeness (QED) is 0.774. The Morgan fingerprint density at radius 1 is 1.19 bits per heavy atom. The highest BCUT2D eigenvalue weighted by Crippen LogP contribution is 2.22. The number of hydrogen-bond acceptors (Lipinski definition) is 2. The van der Waals surface area contributed by atoms with Gasteiger partial charge in [0.15, 0.2) is 0 Å². The Hall–Kier alpha value is -0.280. The molecule has 0 saturated carbocycles. The van der Waals surface area contributed by atoms with Gasteiger partial charge in [-0.25, -0.2) is 0 Å². The Bertz CT molecular complexity index is 329. The lowest BCUT2D eigenvalue weighted by Crippen LogP contribution is -2.11. The molecule has 0 aliphatic carbocycles. The van der Waals surface area contributed by atoms with E-state index in [1.165, 1.54) is 0 Å². The van der Waals surface area contributed by atoms with Gasteiger partial charge in [0.2, 0.25) is 0 Å². The van der Waals surface area contributed by atoms with Crippen molar-refractivity contribution in [1.29, 1.82) is 0 Å². The molecule has 0 aliphatic heterocycles. The molecule has 2 nitrogen and oxygen atoms in total. The number of aliphatic hydroxyl groups excluding tert-OH is 2. The molecular formula is C12H16Cl2O2. The second kappa shape index (κ2) is 7.13. The third-order valence-electron chi connectivity index (χ3n) is 2.46. The minimum absolute atomic E-state index is 0.165. The summed E-state index contributed by atoms with van der Waals surface area (Å²) in [5.41, 5.74) is 1.07. The van der Waals surface area contributed by atoms with Gasteiger partial charge in [0.25, 0.3) is 0 Å². The summed E-state index contributed by atoms with van der Waals surface area (Å²) < 4.78 is 0. The van der Waals surface area contributed by atoms with Crippen LogP contribution < -0.4 is 0 Å². The van der Waals surface area contributed by atoms with Crippen LogP contribution in [0.25, 0.3) is 0 Å². The summed E-state index contributed by atoms with van der Waals surface area (Å²) >= 11 is 11.8. The lowest BCUT2D eigenvalue weighted by molar-refractivity contribution is 0.0862. The molecular weight excluding hydrogens is 247 g/mol. The number of halogens is 2. The van der Waals surface area contributed by atoms with Crippen LogP contribution in [-0.2, 0) is 6.42 Å². The Labute approximate surface area is 106 Å². The monoisotopic (exact) mass is 262 g/mol. The van der Waals surface area contributed by atoms with Crippen molar-refractivity contribution in [3.63, 3.8) is 0 Å². The molecule has 4 heteroatoms. The van der Waals surface area contributed by atoms with Gasteiger partial charge in [0, 0.05) is 10.0 Å². The molecule has 0 aromatic heterocycles. The number of aliphatic hydroxyl groups is 2. The third-order valence-corrected chi connectivity index (χ3v) is 3.05. The average molecular weight is 263 g/mol. The minimum Gasteiger partial charge on any atom is -0.394 e. The van der Waals surface area contributed by atoms with Gasteiger partial charge in [-0.1, -0.05) is 35.7 Å². The Balaban J connectivity index is 2.32. The van der Waals surface area contributed by atoms with Crippen LogP contribution in [0.5, 0.6) is 0 Å². The van der Waals surface area contributed by atoms with Crippen LogP contribution in [0.3, 0.4) is 0 Å². The van der Waals surface area contributed by atoms with Gasteiger partial charge >= 0.3 is 0 Å². The zero-order valence-electron chi connectivity index (χ0n) is 9.00. The molecule has 90 valence electrons. The van der Waals surface area contributed by atoms with Crippen LogP contribution in [0, 0.1) is 0 Å². The van der Waals surface area contributed by atoms with Crippen LogP contribution in [0.1, 0.15) is 24.8 Å². The van der Waals surface area contributed by atoms with Crippen LogP contribution in [0.4, 0.5) is 0 Å². The lowest BCUT2D eigenvalue weighted by atomic mass is 10.1. The fourth-order valence-corrected chi connectivity index (χ4v) is 2.01. The third kappa shape index (κ3) is 4.71. The maximum Gasteiger partial charge on any atom is 0.0770 e. The summed E-state index contributed by atoms with van der Waals surface area (Å²) in [5, 5.41) is 19.1. The van der Waals surface area contributed by atoms with E-state index in [9.17, 15) is 0 Å². The second-order valence-electron chi connectivity index (χ2n) is 3.82. The van der Waals surface area contributed by atoms with Gasteiger partial charge < -0.3 is 10.2 Å². The molecule has 1 rings (SSSR count). The molecule has 1 aromatic carbocycles. The SMILES string of the molecule is OC[C@@H](O)CCCCc1ccc(Cl)cc1Cl. The maximum atomic E-state index is 9.15. The number of unbranched alkanes of at least 4 members (excludes halogenated alkanes) is 1. The largest absolute Gasteiger partial charge is 0.394 e.